The molecule has 2 aromatic rings. The molecule has 1 aromatic heterocycles. The molecule has 0 aliphatic rings. The number of aromatic nitrogens is 1. The van der Waals surface area contributed by atoms with Crippen LogP contribution in [0.25, 0.3) is 16.0 Å². The number of hydrogen-bond acceptors (Lipinski definition) is 1. The molecule has 0 aliphatic carbocycles. The average Bonchev–Trinajstić information content (AvgIpc) is 2.30. The molecule has 0 saturated heterocycles. The fourth-order valence-corrected chi connectivity index (χ4v) is 1.39. The van der Waals surface area contributed by atoms with Crippen LogP contribution in [0.3, 0.4) is 0 Å². The first-order chi connectivity index (χ1) is 7.31. The Balaban J connectivity index is 2.60. The maximum Gasteiger partial charge on any atom is 0.247 e. The van der Waals surface area contributed by atoms with Gasteiger partial charge in [0, 0.05) is 12.3 Å². The molecular formula is C12H8N2O. The van der Waals surface area contributed by atoms with E-state index < -0.39 is 0 Å². The summed E-state index contributed by atoms with van der Waals surface area (Å²) < 4.78 is 0. The minimum atomic E-state index is -0.140. The smallest absolute Gasteiger partial charge is 0.247 e. The number of para-hydroxylation sites is 1. The fourth-order valence-electron chi connectivity index (χ4n) is 1.39. The average molecular weight is 196 g/mol. The molecule has 1 heterocycles. The molecule has 1 aromatic carbocycles. The van der Waals surface area contributed by atoms with Crippen LogP contribution in [0.5, 0.6) is 0 Å². The van der Waals surface area contributed by atoms with Gasteiger partial charge in [-0.3, -0.25) is 4.79 Å². The summed E-state index contributed by atoms with van der Waals surface area (Å²) in [6.07, 6.45) is 1.62. The summed E-state index contributed by atoms with van der Waals surface area (Å²) in [5.41, 5.74) is 2.13. The third kappa shape index (κ3) is 1.79. The van der Waals surface area contributed by atoms with Crippen LogP contribution in [0.1, 0.15) is 0 Å². The second kappa shape index (κ2) is 3.81. The molecule has 0 aliphatic heterocycles. The van der Waals surface area contributed by atoms with Gasteiger partial charge in [-0.2, -0.15) is 0 Å². The molecule has 3 nitrogen and oxygen atoms in total. The van der Waals surface area contributed by atoms with E-state index in [1.165, 1.54) is 6.07 Å². The number of hydrogen-bond donors (Lipinski definition) is 1. The third-order valence-electron chi connectivity index (χ3n) is 2.12. The van der Waals surface area contributed by atoms with E-state index in [0.717, 1.165) is 11.1 Å². The van der Waals surface area contributed by atoms with Crippen LogP contribution in [0, 0.1) is 6.57 Å². The largest absolute Gasteiger partial charge is 0.329 e. The number of benzene rings is 1. The van der Waals surface area contributed by atoms with Crippen molar-refractivity contribution in [2.75, 3.05) is 0 Å². The first-order valence-corrected chi connectivity index (χ1v) is 4.47. The van der Waals surface area contributed by atoms with Gasteiger partial charge in [-0.05, 0) is 17.2 Å². The Hall–Kier alpha value is -2.34. The second-order valence-electron chi connectivity index (χ2n) is 3.07. The van der Waals surface area contributed by atoms with Crippen molar-refractivity contribution in [3.8, 4) is 11.1 Å². The summed E-state index contributed by atoms with van der Waals surface area (Å²) >= 11 is 0. The second-order valence-corrected chi connectivity index (χ2v) is 3.07. The molecule has 2 rings (SSSR count). The molecule has 0 saturated carbocycles. The summed E-state index contributed by atoms with van der Waals surface area (Å²) in [4.78, 5) is 16.9. The van der Waals surface area contributed by atoms with Crippen molar-refractivity contribution in [1.82, 2.24) is 4.98 Å². The maximum absolute atomic E-state index is 10.9. The minimum absolute atomic E-state index is 0.140. The van der Waals surface area contributed by atoms with Gasteiger partial charge in [0.05, 0.1) is 6.57 Å². The Morgan fingerprint density at radius 2 is 1.93 bits per heavy atom. The molecular weight excluding hydrogens is 188 g/mol. The monoisotopic (exact) mass is 196 g/mol. The van der Waals surface area contributed by atoms with E-state index in [1.54, 1.807) is 18.3 Å². The van der Waals surface area contributed by atoms with Gasteiger partial charge < -0.3 is 4.98 Å². The van der Waals surface area contributed by atoms with E-state index in [-0.39, 0.29) is 5.56 Å². The van der Waals surface area contributed by atoms with Gasteiger partial charge in [0.25, 0.3) is 0 Å². The van der Waals surface area contributed by atoms with Gasteiger partial charge >= 0.3 is 0 Å². The van der Waals surface area contributed by atoms with E-state index in [4.69, 9.17) is 6.57 Å². The van der Waals surface area contributed by atoms with Crippen LogP contribution in [0.15, 0.2) is 47.4 Å². The molecule has 3 heteroatoms. The molecule has 0 radical (unpaired) electrons. The molecule has 0 spiro atoms. The van der Waals surface area contributed by atoms with E-state index in [9.17, 15) is 4.79 Å². The zero-order chi connectivity index (χ0) is 10.7. The predicted molar refractivity (Wildman–Crippen MR) is 58.8 cm³/mol. The Labute approximate surface area is 86.8 Å². The Morgan fingerprint density at radius 3 is 2.60 bits per heavy atom. The van der Waals surface area contributed by atoms with Gasteiger partial charge in [-0.25, -0.2) is 4.85 Å². The Morgan fingerprint density at radius 1 is 1.13 bits per heavy atom. The highest BCUT2D eigenvalue weighted by atomic mass is 16.1. The molecule has 1 N–H and O–H groups in total. The van der Waals surface area contributed by atoms with E-state index in [1.807, 2.05) is 18.2 Å². The first-order valence-electron chi connectivity index (χ1n) is 4.47. The van der Waals surface area contributed by atoms with Crippen LogP contribution in [-0.2, 0) is 0 Å². The quantitative estimate of drug-likeness (QED) is 0.699. The highest BCUT2D eigenvalue weighted by Crippen LogP contribution is 2.28. The molecule has 0 amide bonds. The molecule has 0 bridgehead atoms. The number of aromatic amines is 1. The number of H-pyrrole nitrogens is 1. The van der Waals surface area contributed by atoms with Crippen LogP contribution in [0.4, 0.5) is 5.69 Å². The van der Waals surface area contributed by atoms with Crippen LogP contribution >= 0.6 is 0 Å². The summed E-state index contributed by atoms with van der Waals surface area (Å²) in [6.45, 7) is 7.03. The lowest BCUT2D eigenvalue weighted by Crippen LogP contribution is -2.01. The lowest BCUT2D eigenvalue weighted by Gasteiger charge is -2.02. The summed E-state index contributed by atoms with van der Waals surface area (Å²) in [5, 5.41) is 0. The number of rotatable bonds is 1. The van der Waals surface area contributed by atoms with Crippen molar-refractivity contribution >= 4 is 5.69 Å². The Kier molecular flexibility index (Phi) is 2.34. The van der Waals surface area contributed by atoms with Crippen molar-refractivity contribution < 1.29 is 0 Å². The van der Waals surface area contributed by atoms with E-state index >= 15 is 0 Å². The summed E-state index contributed by atoms with van der Waals surface area (Å²) in [6, 6.07) is 10.5. The van der Waals surface area contributed by atoms with Crippen LogP contribution < -0.4 is 5.56 Å². The van der Waals surface area contributed by atoms with Crippen molar-refractivity contribution in [2.45, 2.75) is 0 Å². The lowest BCUT2D eigenvalue weighted by molar-refractivity contribution is 1.24. The maximum atomic E-state index is 10.9. The molecule has 0 atom stereocenters. The number of pyridine rings is 1. The van der Waals surface area contributed by atoms with Crippen LogP contribution in [0.2, 0.25) is 0 Å². The van der Waals surface area contributed by atoms with E-state index in [0.29, 0.717) is 5.69 Å². The normalized spacial score (nSPS) is 9.53. The van der Waals surface area contributed by atoms with Gasteiger partial charge in [0.15, 0.2) is 5.69 Å². The Bertz CT molecular complexity index is 558. The van der Waals surface area contributed by atoms with Crippen molar-refractivity contribution in [3.63, 3.8) is 0 Å². The highest BCUT2D eigenvalue weighted by Gasteiger charge is 2.02. The first kappa shape index (κ1) is 9.22. The predicted octanol–water partition coefficient (Wildman–Crippen LogP) is 2.59. The number of nitrogens with zero attached hydrogens (tertiary/aromatic N) is 1. The van der Waals surface area contributed by atoms with E-state index in [2.05, 4.69) is 9.83 Å². The zero-order valence-electron chi connectivity index (χ0n) is 7.90. The van der Waals surface area contributed by atoms with Crippen molar-refractivity contribution in [1.29, 1.82) is 0 Å². The van der Waals surface area contributed by atoms with Gasteiger partial charge in [-0.1, -0.05) is 24.3 Å². The van der Waals surface area contributed by atoms with Gasteiger partial charge in [0.2, 0.25) is 5.56 Å². The van der Waals surface area contributed by atoms with Gasteiger partial charge in [0.1, 0.15) is 0 Å². The van der Waals surface area contributed by atoms with Gasteiger partial charge in [-0.15, -0.1) is 0 Å². The zero-order valence-corrected chi connectivity index (χ0v) is 7.90. The minimum Gasteiger partial charge on any atom is -0.329 e. The standard InChI is InChI=1S/C12H8N2O/c1-13-11-5-3-2-4-10(11)9-6-7-12(15)14-8-9/h2-8H,(H,14,15). The van der Waals surface area contributed by atoms with Crippen LogP contribution in [-0.4, -0.2) is 4.98 Å². The summed E-state index contributed by atoms with van der Waals surface area (Å²) in [7, 11) is 0. The van der Waals surface area contributed by atoms with Crippen molar-refractivity contribution in [2.24, 2.45) is 0 Å². The lowest BCUT2D eigenvalue weighted by atomic mass is 10.1. The molecule has 0 unspecified atom stereocenters. The molecule has 15 heavy (non-hydrogen) atoms. The third-order valence-corrected chi connectivity index (χ3v) is 2.12. The van der Waals surface area contributed by atoms with Crippen molar-refractivity contribution in [3.05, 3.63) is 64.4 Å². The fraction of sp³-hybridized carbons (Fsp3) is 0. The summed E-state index contributed by atoms with van der Waals surface area (Å²) in [5.74, 6) is 0. The molecule has 72 valence electrons. The number of nitrogens with one attached hydrogen (secondary N) is 1. The topological polar surface area (TPSA) is 37.2 Å². The SMILES string of the molecule is [C-]#[N+]c1ccccc1-c1ccc(=O)[nH]c1. The highest BCUT2D eigenvalue weighted by molar-refractivity contribution is 5.77. The molecule has 0 fully saturated rings.